The highest BCUT2D eigenvalue weighted by atomic mass is 79.9. The number of ketones is 1. The number of rotatable bonds is 3. The van der Waals surface area contributed by atoms with Crippen molar-refractivity contribution in [3.63, 3.8) is 0 Å². The van der Waals surface area contributed by atoms with Crippen molar-refractivity contribution < 1.29 is 14.3 Å². The molecule has 0 aromatic heterocycles. The lowest BCUT2D eigenvalue weighted by Crippen LogP contribution is -2.44. The van der Waals surface area contributed by atoms with Crippen molar-refractivity contribution >= 4 is 27.8 Å². The van der Waals surface area contributed by atoms with Gasteiger partial charge >= 0.3 is 6.09 Å². The van der Waals surface area contributed by atoms with Gasteiger partial charge in [-0.1, -0.05) is 22.4 Å². The average Bonchev–Trinajstić information content (AvgIpc) is 2.87. The molecule has 2 rings (SSSR count). The molecular formula is C12H18BrNO3. The summed E-state index contributed by atoms with van der Waals surface area (Å²) >= 11 is 3.21. The van der Waals surface area contributed by atoms with Crippen LogP contribution in [0.3, 0.4) is 0 Å². The smallest absolute Gasteiger partial charge is 0.410 e. The van der Waals surface area contributed by atoms with Gasteiger partial charge < -0.3 is 4.74 Å². The van der Waals surface area contributed by atoms with E-state index in [4.69, 9.17) is 4.74 Å². The Hall–Kier alpha value is -0.580. The molecule has 0 N–H and O–H groups in total. The Labute approximate surface area is 110 Å². The van der Waals surface area contributed by atoms with Gasteiger partial charge in [-0.3, -0.25) is 9.69 Å². The Morgan fingerprint density at radius 2 is 2.18 bits per heavy atom. The summed E-state index contributed by atoms with van der Waals surface area (Å²) < 4.78 is 5.04. The van der Waals surface area contributed by atoms with E-state index in [1.807, 2.05) is 0 Å². The number of amides is 1. The number of carbonyl (C=O) groups excluding carboxylic acids is 2. The molecule has 1 heterocycles. The summed E-state index contributed by atoms with van der Waals surface area (Å²) in [7, 11) is 0. The zero-order chi connectivity index (χ0) is 12.4. The van der Waals surface area contributed by atoms with E-state index in [2.05, 4.69) is 15.9 Å². The van der Waals surface area contributed by atoms with Crippen LogP contribution in [0.2, 0.25) is 0 Å². The molecule has 0 aromatic rings. The van der Waals surface area contributed by atoms with Crippen LogP contribution in [0, 0.1) is 11.8 Å². The van der Waals surface area contributed by atoms with Crippen molar-refractivity contribution in [3.8, 4) is 0 Å². The zero-order valence-corrected chi connectivity index (χ0v) is 11.6. The molecule has 96 valence electrons. The fourth-order valence-electron chi connectivity index (χ4n) is 3.19. The molecule has 1 amide bonds. The summed E-state index contributed by atoms with van der Waals surface area (Å²) in [5.41, 5.74) is 0. The first-order valence-electron chi connectivity index (χ1n) is 6.21. The monoisotopic (exact) mass is 303 g/mol. The van der Waals surface area contributed by atoms with Crippen molar-refractivity contribution in [2.45, 2.75) is 32.2 Å². The summed E-state index contributed by atoms with van der Waals surface area (Å²) in [6.07, 6.45) is 3.04. The number of fused-ring (bicyclic) bond motifs is 1. The Bertz CT molecular complexity index is 321. The van der Waals surface area contributed by atoms with Gasteiger partial charge in [0, 0.05) is 6.54 Å². The first-order valence-corrected chi connectivity index (χ1v) is 7.33. The van der Waals surface area contributed by atoms with Gasteiger partial charge in [-0.2, -0.15) is 0 Å². The Kier molecular flexibility index (Phi) is 4.07. The van der Waals surface area contributed by atoms with Gasteiger partial charge in [0.25, 0.3) is 0 Å². The number of hydrogen-bond donors (Lipinski definition) is 0. The van der Waals surface area contributed by atoms with Gasteiger partial charge in [-0.25, -0.2) is 4.79 Å². The fraction of sp³-hybridized carbons (Fsp3) is 0.833. The number of alkyl halides is 1. The number of Topliss-reactive ketones (excluding diaryl/α,β-unsaturated/α-hetero) is 1. The summed E-state index contributed by atoms with van der Waals surface area (Å²) in [4.78, 5) is 25.5. The lowest BCUT2D eigenvalue weighted by molar-refractivity contribution is -0.121. The standard InChI is InChI=1S/C12H18BrNO3/c1-2-17-12(16)14-7-8-4-3-5-9(8)11(14)10(15)6-13/h8-9,11H,2-7H2,1H3. The number of nitrogens with zero attached hydrogens (tertiary/aromatic N) is 1. The minimum atomic E-state index is -0.332. The Morgan fingerprint density at radius 3 is 2.82 bits per heavy atom. The second-order valence-corrected chi connectivity index (χ2v) is 5.31. The van der Waals surface area contributed by atoms with Crippen LogP contribution >= 0.6 is 15.9 Å². The van der Waals surface area contributed by atoms with E-state index in [9.17, 15) is 9.59 Å². The first kappa shape index (κ1) is 12.9. The maximum atomic E-state index is 12.0. The molecule has 3 atom stereocenters. The van der Waals surface area contributed by atoms with Gasteiger partial charge in [0.15, 0.2) is 5.78 Å². The molecule has 0 radical (unpaired) electrons. The van der Waals surface area contributed by atoms with Gasteiger partial charge in [-0.15, -0.1) is 0 Å². The quantitative estimate of drug-likeness (QED) is 0.751. The third-order valence-electron chi connectivity index (χ3n) is 3.85. The zero-order valence-electron chi connectivity index (χ0n) is 10.0. The lowest BCUT2D eigenvalue weighted by atomic mass is 9.92. The third-order valence-corrected chi connectivity index (χ3v) is 4.41. The molecule has 2 aliphatic rings. The fourth-order valence-corrected chi connectivity index (χ4v) is 3.52. The lowest BCUT2D eigenvalue weighted by Gasteiger charge is -2.25. The minimum absolute atomic E-state index is 0.104. The van der Waals surface area contributed by atoms with Crippen LogP contribution in [0.25, 0.3) is 0 Å². The van der Waals surface area contributed by atoms with Crippen molar-refractivity contribution in [1.82, 2.24) is 4.90 Å². The number of halogens is 1. The Morgan fingerprint density at radius 1 is 1.41 bits per heavy atom. The second kappa shape index (κ2) is 5.38. The highest BCUT2D eigenvalue weighted by molar-refractivity contribution is 9.09. The molecule has 1 saturated heterocycles. The third kappa shape index (κ3) is 2.34. The summed E-state index contributed by atoms with van der Waals surface area (Å²) in [6.45, 7) is 2.84. The molecule has 3 unspecified atom stereocenters. The number of hydrogen-bond acceptors (Lipinski definition) is 3. The van der Waals surface area contributed by atoms with E-state index in [0.29, 0.717) is 30.3 Å². The molecule has 0 spiro atoms. The van der Waals surface area contributed by atoms with E-state index in [1.165, 1.54) is 6.42 Å². The van der Waals surface area contributed by atoms with Crippen LogP contribution in [0.1, 0.15) is 26.2 Å². The minimum Gasteiger partial charge on any atom is -0.450 e. The predicted octanol–water partition coefficient (Wildman–Crippen LogP) is 2.21. The highest BCUT2D eigenvalue weighted by Crippen LogP contribution is 2.42. The molecule has 1 saturated carbocycles. The largest absolute Gasteiger partial charge is 0.450 e. The number of likely N-dealkylation sites (tertiary alicyclic amines) is 1. The molecule has 1 aliphatic carbocycles. The predicted molar refractivity (Wildman–Crippen MR) is 67.1 cm³/mol. The molecule has 1 aliphatic heterocycles. The Balaban J connectivity index is 2.14. The van der Waals surface area contributed by atoms with Crippen molar-refractivity contribution in [3.05, 3.63) is 0 Å². The number of carbonyl (C=O) groups is 2. The normalized spacial score (nSPS) is 31.4. The van der Waals surface area contributed by atoms with Crippen LogP contribution in [0.4, 0.5) is 4.79 Å². The molecule has 17 heavy (non-hydrogen) atoms. The molecule has 5 heteroatoms. The molecule has 2 fully saturated rings. The van der Waals surface area contributed by atoms with Crippen LogP contribution < -0.4 is 0 Å². The maximum absolute atomic E-state index is 12.0. The highest BCUT2D eigenvalue weighted by Gasteiger charge is 2.49. The van der Waals surface area contributed by atoms with E-state index in [0.717, 1.165) is 12.8 Å². The van der Waals surface area contributed by atoms with Crippen LogP contribution in [0.5, 0.6) is 0 Å². The second-order valence-electron chi connectivity index (χ2n) is 4.75. The molecular weight excluding hydrogens is 286 g/mol. The van der Waals surface area contributed by atoms with Crippen molar-refractivity contribution in [2.75, 3.05) is 18.5 Å². The maximum Gasteiger partial charge on any atom is 0.410 e. The first-order chi connectivity index (χ1) is 8.19. The van der Waals surface area contributed by atoms with E-state index in [-0.39, 0.29) is 17.9 Å². The number of ether oxygens (including phenoxy) is 1. The SMILES string of the molecule is CCOC(=O)N1CC2CCCC2C1C(=O)CBr. The van der Waals surface area contributed by atoms with E-state index >= 15 is 0 Å². The van der Waals surface area contributed by atoms with Crippen LogP contribution in [-0.2, 0) is 9.53 Å². The molecule has 0 bridgehead atoms. The topological polar surface area (TPSA) is 46.6 Å². The van der Waals surface area contributed by atoms with Crippen LogP contribution in [0.15, 0.2) is 0 Å². The average molecular weight is 304 g/mol. The van der Waals surface area contributed by atoms with Crippen LogP contribution in [-0.4, -0.2) is 41.3 Å². The summed E-state index contributed by atoms with van der Waals surface area (Å²) in [5, 5.41) is 0.316. The van der Waals surface area contributed by atoms with Crippen molar-refractivity contribution in [2.24, 2.45) is 11.8 Å². The van der Waals surface area contributed by atoms with E-state index < -0.39 is 0 Å². The van der Waals surface area contributed by atoms with Crippen molar-refractivity contribution in [1.29, 1.82) is 0 Å². The van der Waals surface area contributed by atoms with Gasteiger partial charge in [0.1, 0.15) is 0 Å². The van der Waals surface area contributed by atoms with Gasteiger partial charge in [0.2, 0.25) is 0 Å². The summed E-state index contributed by atoms with van der Waals surface area (Å²) in [5.74, 6) is 0.948. The van der Waals surface area contributed by atoms with Gasteiger partial charge in [0.05, 0.1) is 18.0 Å². The molecule has 0 aromatic carbocycles. The van der Waals surface area contributed by atoms with Gasteiger partial charge in [-0.05, 0) is 31.6 Å². The van der Waals surface area contributed by atoms with E-state index in [1.54, 1.807) is 11.8 Å². The molecule has 4 nitrogen and oxygen atoms in total. The summed E-state index contributed by atoms with van der Waals surface area (Å²) in [6, 6.07) is -0.263.